The number of Topliss-reactive ketones (excluding diaryl/α,β-unsaturated/α-hetero) is 1. The van der Waals surface area contributed by atoms with Crippen molar-refractivity contribution in [3.8, 4) is 0 Å². The van der Waals surface area contributed by atoms with Gasteiger partial charge < -0.3 is 9.84 Å². The molecule has 23 heavy (non-hydrogen) atoms. The van der Waals surface area contributed by atoms with E-state index in [4.69, 9.17) is 4.74 Å². The van der Waals surface area contributed by atoms with Crippen LogP contribution in [0.2, 0.25) is 0 Å². The molecule has 0 aromatic carbocycles. The van der Waals surface area contributed by atoms with E-state index in [1.807, 2.05) is 6.08 Å². The van der Waals surface area contributed by atoms with Crippen LogP contribution in [0.1, 0.15) is 66.2 Å². The third kappa shape index (κ3) is 2.12. The number of fused-ring (bicyclic) bond motifs is 2. The Morgan fingerprint density at radius 2 is 1.96 bits per heavy atom. The molecule has 2 aliphatic carbocycles. The molecule has 0 amide bonds. The lowest BCUT2D eigenvalue weighted by Gasteiger charge is -2.63. The van der Waals surface area contributed by atoms with E-state index in [0.29, 0.717) is 12.2 Å². The molecule has 6 atom stereocenters. The molecule has 0 radical (unpaired) electrons. The highest BCUT2D eigenvalue weighted by atomic mass is 16.5. The van der Waals surface area contributed by atoms with Gasteiger partial charge in [-0.05, 0) is 43.9 Å². The predicted molar refractivity (Wildman–Crippen MR) is 91.1 cm³/mol. The second-order valence-corrected chi connectivity index (χ2v) is 9.04. The van der Waals surface area contributed by atoms with Gasteiger partial charge in [-0.2, -0.15) is 0 Å². The molecule has 0 aromatic rings. The maximum atomic E-state index is 12.9. The van der Waals surface area contributed by atoms with Gasteiger partial charge in [0, 0.05) is 24.4 Å². The summed E-state index contributed by atoms with van der Waals surface area (Å²) in [5, 5.41) is 10.1. The van der Waals surface area contributed by atoms with Crippen LogP contribution in [0.15, 0.2) is 12.7 Å². The van der Waals surface area contributed by atoms with Crippen molar-refractivity contribution in [2.75, 3.05) is 6.61 Å². The van der Waals surface area contributed by atoms with Gasteiger partial charge in [0.05, 0.1) is 11.2 Å². The van der Waals surface area contributed by atoms with Gasteiger partial charge >= 0.3 is 0 Å². The first-order chi connectivity index (χ1) is 10.7. The van der Waals surface area contributed by atoms with Crippen LogP contribution >= 0.6 is 0 Å². The molecule has 1 N–H and O–H groups in total. The Morgan fingerprint density at radius 1 is 1.26 bits per heavy atom. The first-order valence-corrected chi connectivity index (χ1v) is 9.14. The number of aliphatic hydroxyl groups is 1. The molecule has 3 heteroatoms. The summed E-state index contributed by atoms with van der Waals surface area (Å²) in [5.41, 5.74) is -0.984. The van der Waals surface area contributed by atoms with E-state index in [0.717, 1.165) is 32.1 Å². The summed E-state index contributed by atoms with van der Waals surface area (Å²) in [6.07, 6.45) is 7.51. The summed E-state index contributed by atoms with van der Waals surface area (Å²) in [6, 6.07) is 0. The van der Waals surface area contributed by atoms with Crippen LogP contribution in [0, 0.1) is 22.7 Å². The second-order valence-electron chi connectivity index (χ2n) is 9.04. The van der Waals surface area contributed by atoms with Crippen LogP contribution in [-0.2, 0) is 9.53 Å². The number of carbonyl (C=O) groups excluding carboxylic acids is 1. The summed E-state index contributed by atoms with van der Waals surface area (Å²) in [5.74, 6) is 0.429. The van der Waals surface area contributed by atoms with Crippen LogP contribution < -0.4 is 0 Å². The van der Waals surface area contributed by atoms with Crippen molar-refractivity contribution in [3.63, 3.8) is 0 Å². The summed E-state index contributed by atoms with van der Waals surface area (Å²) in [6.45, 7) is 12.7. The Hall–Kier alpha value is -0.670. The van der Waals surface area contributed by atoms with Gasteiger partial charge in [-0.3, -0.25) is 4.79 Å². The number of rotatable bonds is 2. The monoisotopic (exact) mass is 320 g/mol. The first kappa shape index (κ1) is 17.2. The van der Waals surface area contributed by atoms with Crippen molar-refractivity contribution < 1.29 is 14.6 Å². The number of hydrogen-bond acceptors (Lipinski definition) is 3. The topological polar surface area (TPSA) is 46.5 Å². The molecule has 2 saturated carbocycles. The predicted octanol–water partition coefficient (Wildman–Crippen LogP) is 3.89. The van der Waals surface area contributed by atoms with Gasteiger partial charge in [-0.15, -0.1) is 6.58 Å². The fourth-order valence-corrected chi connectivity index (χ4v) is 6.08. The Bertz CT molecular complexity index is 529. The fourth-order valence-electron chi connectivity index (χ4n) is 6.08. The van der Waals surface area contributed by atoms with E-state index in [1.165, 1.54) is 0 Å². The lowest BCUT2D eigenvalue weighted by molar-refractivity contribution is -0.235. The highest BCUT2D eigenvalue weighted by molar-refractivity contribution is 5.84. The molecule has 0 unspecified atom stereocenters. The highest BCUT2D eigenvalue weighted by Crippen LogP contribution is 2.66. The molecular weight excluding hydrogens is 288 g/mol. The van der Waals surface area contributed by atoms with Crippen molar-refractivity contribution in [1.29, 1.82) is 0 Å². The molecule has 3 fully saturated rings. The van der Waals surface area contributed by atoms with E-state index < -0.39 is 5.60 Å². The van der Waals surface area contributed by atoms with Crippen molar-refractivity contribution in [2.24, 2.45) is 22.7 Å². The molecule has 3 nitrogen and oxygen atoms in total. The maximum absolute atomic E-state index is 12.9. The van der Waals surface area contributed by atoms with Crippen LogP contribution in [-0.4, -0.2) is 28.7 Å². The molecule has 3 rings (SSSR count). The van der Waals surface area contributed by atoms with Gasteiger partial charge in [-0.1, -0.05) is 33.3 Å². The minimum Gasteiger partial charge on any atom is -0.396 e. The largest absolute Gasteiger partial charge is 0.396 e. The Balaban J connectivity index is 2.10. The number of ketones is 1. The van der Waals surface area contributed by atoms with Gasteiger partial charge in [0.15, 0.2) is 0 Å². The standard InChI is InChI=1S/C20H32O3/c1-6-18(4)10-11-20(23-18)14(2)15(22)12-16-17(3,13-21)8-7-9-19(16,20)5/h6,14,16,21H,1,7-13H2,2-5H3/t14-,16-,17-,18-,19-,20-/m1/s1. The van der Waals surface area contributed by atoms with Gasteiger partial charge in [0.25, 0.3) is 0 Å². The average Bonchev–Trinajstić information content (AvgIpc) is 2.89. The minimum atomic E-state index is -0.410. The van der Waals surface area contributed by atoms with Crippen molar-refractivity contribution in [3.05, 3.63) is 12.7 Å². The summed E-state index contributed by atoms with van der Waals surface area (Å²) in [7, 11) is 0. The number of ether oxygens (including phenoxy) is 1. The van der Waals surface area contributed by atoms with E-state index in [-0.39, 0.29) is 34.9 Å². The van der Waals surface area contributed by atoms with Crippen LogP contribution in [0.25, 0.3) is 0 Å². The summed E-state index contributed by atoms with van der Waals surface area (Å²) in [4.78, 5) is 12.9. The Morgan fingerprint density at radius 3 is 2.52 bits per heavy atom. The van der Waals surface area contributed by atoms with E-state index in [1.54, 1.807) is 0 Å². The third-order valence-electron chi connectivity index (χ3n) is 7.81. The molecule has 1 heterocycles. The molecule has 130 valence electrons. The van der Waals surface area contributed by atoms with E-state index in [2.05, 4.69) is 34.3 Å². The van der Waals surface area contributed by atoms with Crippen molar-refractivity contribution >= 4 is 5.78 Å². The molecule has 1 spiro atoms. The smallest absolute Gasteiger partial charge is 0.138 e. The molecular formula is C20H32O3. The zero-order chi connectivity index (χ0) is 17.1. The maximum Gasteiger partial charge on any atom is 0.138 e. The average molecular weight is 320 g/mol. The lowest BCUT2D eigenvalue weighted by Crippen LogP contribution is -2.66. The zero-order valence-electron chi connectivity index (χ0n) is 15.2. The zero-order valence-corrected chi connectivity index (χ0v) is 15.2. The van der Waals surface area contributed by atoms with Crippen LogP contribution in [0.5, 0.6) is 0 Å². The van der Waals surface area contributed by atoms with Crippen LogP contribution in [0.4, 0.5) is 0 Å². The summed E-state index contributed by atoms with van der Waals surface area (Å²) < 4.78 is 6.70. The minimum absolute atomic E-state index is 0.0587. The quantitative estimate of drug-likeness (QED) is 0.785. The van der Waals surface area contributed by atoms with Crippen molar-refractivity contribution in [2.45, 2.75) is 77.4 Å². The summed E-state index contributed by atoms with van der Waals surface area (Å²) >= 11 is 0. The number of hydrogen-bond donors (Lipinski definition) is 1. The molecule has 1 aliphatic heterocycles. The molecule has 0 aromatic heterocycles. The van der Waals surface area contributed by atoms with Gasteiger partial charge in [0.1, 0.15) is 5.78 Å². The molecule has 0 bridgehead atoms. The number of carbonyl (C=O) groups is 1. The van der Waals surface area contributed by atoms with Gasteiger partial charge in [0.2, 0.25) is 0 Å². The van der Waals surface area contributed by atoms with Crippen LogP contribution in [0.3, 0.4) is 0 Å². The molecule has 1 saturated heterocycles. The first-order valence-electron chi connectivity index (χ1n) is 9.14. The second kappa shape index (κ2) is 5.16. The molecule has 3 aliphatic rings. The Labute approximate surface area is 140 Å². The lowest BCUT2D eigenvalue weighted by atomic mass is 9.44. The van der Waals surface area contributed by atoms with Crippen molar-refractivity contribution in [1.82, 2.24) is 0 Å². The third-order valence-corrected chi connectivity index (χ3v) is 7.81. The SMILES string of the molecule is C=C[C@]1(C)CC[C@@]2(O1)[C@H](C)C(=O)C[C@@H]1[C@@](C)(CO)CCC[C@]12C. The fraction of sp³-hybridized carbons (Fsp3) is 0.850. The highest BCUT2D eigenvalue weighted by Gasteiger charge is 2.68. The Kier molecular flexibility index (Phi) is 3.85. The van der Waals surface area contributed by atoms with Gasteiger partial charge in [-0.25, -0.2) is 0 Å². The normalized spacial score (nSPS) is 53.3. The van der Waals surface area contributed by atoms with E-state index >= 15 is 0 Å². The van der Waals surface area contributed by atoms with E-state index in [9.17, 15) is 9.90 Å². The number of aliphatic hydroxyl groups excluding tert-OH is 1.